The second kappa shape index (κ2) is 7.37. The lowest BCUT2D eigenvalue weighted by atomic mass is 10.0. The number of amides is 1. The zero-order valence-electron chi connectivity index (χ0n) is 16.6. The van der Waals surface area contributed by atoms with Crippen LogP contribution in [-0.4, -0.2) is 31.9 Å². The zero-order chi connectivity index (χ0) is 20.0. The molecular formula is C22H24N4O2S. The van der Waals surface area contributed by atoms with Crippen molar-refractivity contribution in [3.8, 4) is 0 Å². The number of likely N-dealkylation sites (tertiary alicyclic amines) is 1. The highest BCUT2D eigenvalue weighted by Crippen LogP contribution is 2.35. The Morgan fingerprint density at radius 1 is 1.14 bits per heavy atom. The molecule has 3 aromatic heterocycles. The molecule has 0 radical (unpaired) electrons. The van der Waals surface area contributed by atoms with Crippen molar-refractivity contribution in [2.75, 3.05) is 6.54 Å². The van der Waals surface area contributed by atoms with Gasteiger partial charge in [0.15, 0.2) is 0 Å². The van der Waals surface area contributed by atoms with Crippen LogP contribution < -0.4 is 5.56 Å². The Bertz CT molecular complexity index is 1140. The molecule has 1 unspecified atom stereocenters. The van der Waals surface area contributed by atoms with Crippen molar-refractivity contribution in [3.63, 3.8) is 0 Å². The SMILES string of the molecule is Cc1c(C(=O)N2CCCCCC2c2ccncc2)sc2nc3n(c(=O)c12)CCC3. The van der Waals surface area contributed by atoms with Crippen molar-refractivity contribution < 1.29 is 4.79 Å². The van der Waals surface area contributed by atoms with Crippen molar-refractivity contribution in [3.05, 3.63) is 56.7 Å². The van der Waals surface area contributed by atoms with Gasteiger partial charge >= 0.3 is 0 Å². The molecule has 0 saturated carbocycles. The molecule has 2 aliphatic heterocycles. The van der Waals surface area contributed by atoms with E-state index in [4.69, 9.17) is 4.98 Å². The van der Waals surface area contributed by atoms with Crippen molar-refractivity contribution >= 4 is 27.5 Å². The van der Waals surface area contributed by atoms with Gasteiger partial charge in [-0.1, -0.05) is 12.8 Å². The summed E-state index contributed by atoms with van der Waals surface area (Å²) >= 11 is 1.38. The van der Waals surface area contributed by atoms with Gasteiger partial charge in [0.2, 0.25) is 0 Å². The Labute approximate surface area is 173 Å². The van der Waals surface area contributed by atoms with Crippen LogP contribution in [0.4, 0.5) is 0 Å². The molecule has 1 saturated heterocycles. The van der Waals surface area contributed by atoms with Crippen LogP contribution in [0, 0.1) is 6.92 Å². The lowest BCUT2D eigenvalue weighted by molar-refractivity contribution is 0.0685. The molecule has 0 N–H and O–H groups in total. The predicted octanol–water partition coefficient (Wildman–Crippen LogP) is 3.87. The smallest absolute Gasteiger partial charge is 0.264 e. The minimum atomic E-state index is 0.0110. The van der Waals surface area contributed by atoms with Crippen molar-refractivity contribution in [2.24, 2.45) is 0 Å². The van der Waals surface area contributed by atoms with Gasteiger partial charge in [-0.3, -0.25) is 19.1 Å². The second-order valence-electron chi connectivity index (χ2n) is 7.97. The third-order valence-electron chi connectivity index (χ3n) is 6.21. The van der Waals surface area contributed by atoms with E-state index < -0.39 is 0 Å². The molecular weight excluding hydrogens is 384 g/mol. The Kier molecular flexibility index (Phi) is 4.70. The van der Waals surface area contributed by atoms with Gasteiger partial charge in [-0.15, -0.1) is 11.3 Å². The topological polar surface area (TPSA) is 68.1 Å². The largest absolute Gasteiger partial charge is 0.331 e. The number of pyridine rings is 1. The van der Waals surface area contributed by atoms with Crippen LogP contribution in [0.15, 0.2) is 29.3 Å². The van der Waals surface area contributed by atoms with Crippen LogP contribution in [0.3, 0.4) is 0 Å². The molecule has 2 aliphatic rings. The molecule has 29 heavy (non-hydrogen) atoms. The average Bonchev–Trinajstić information content (AvgIpc) is 3.25. The Balaban J connectivity index is 1.58. The normalized spacial score (nSPS) is 19.3. The highest BCUT2D eigenvalue weighted by Gasteiger charge is 2.31. The van der Waals surface area contributed by atoms with E-state index >= 15 is 0 Å². The highest BCUT2D eigenvalue weighted by molar-refractivity contribution is 7.20. The lowest BCUT2D eigenvalue weighted by Gasteiger charge is -2.30. The summed E-state index contributed by atoms with van der Waals surface area (Å²) < 4.78 is 1.78. The zero-order valence-corrected chi connectivity index (χ0v) is 17.4. The van der Waals surface area contributed by atoms with Crippen LogP contribution in [0.1, 0.15) is 64.8 Å². The number of thiophene rings is 1. The van der Waals surface area contributed by atoms with E-state index in [2.05, 4.69) is 4.98 Å². The van der Waals surface area contributed by atoms with E-state index in [1.807, 2.05) is 24.0 Å². The number of aromatic nitrogens is 3. The summed E-state index contributed by atoms with van der Waals surface area (Å²) in [6, 6.07) is 4.07. The van der Waals surface area contributed by atoms with Gasteiger partial charge in [0.1, 0.15) is 10.7 Å². The molecule has 5 rings (SSSR count). The first-order chi connectivity index (χ1) is 14.1. The Hall–Kier alpha value is -2.54. The summed E-state index contributed by atoms with van der Waals surface area (Å²) in [4.78, 5) is 38.9. The molecule has 1 atom stereocenters. The van der Waals surface area contributed by atoms with Crippen LogP contribution in [0.5, 0.6) is 0 Å². The number of hydrogen-bond donors (Lipinski definition) is 0. The van der Waals surface area contributed by atoms with E-state index in [0.29, 0.717) is 15.1 Å². The van der Waals surface area contributed by atoms with Gasteiger partial charge < -0.3 is 4.90 Å². The van der Waals surface area contributed by atoms with E-state index in [1.165, 1.54) is 11.3 Å². The maximum atomic E-state index is 13.7. The van der Waals surface area contributed by atoms with Crippen LogP contribution in [0.25, 0.3) is 10.2 Å². The molecule has 5 heterocycles. The summed E-state index contributed by atoms with van der Waals surface area (Å²) in [5.74, 6) is 0.881. The number of hydrogen-bond acceptors (Lipinski definition) is 5. The molecule has 1 amide bonds. The first kappa shape index (κ1) is 18.5. The number of nitrogens with zero attached hydrogens (tertiary/aromatic N) is 4. The van der Waals surface area contributed by atoms with Gasteiger partial charge in [-0.05, 0) is 49.4 Å². The maximum absolute atomic E-state index is 13.7. The van der Waals surface area contributed by atoms with E-state index in [1.54, 1.807) is 17.0 Å². The molecule has 3 aromatic rings. The number of carbonyl (C=O) groups is 1. The molecule has 6 nitrogen and oxygen atoms in total. The monoisotopic (exact) mass is 408 g/mol. The summed E-state index contributed by atoms with van der Waals surface area (Å²) in [7, 11) is 0. The summed E-state index contributed by atoms with van der Waals surface area (Å²) in [5, 5.41) is 0.624. The Morgan fingerprint density at radius 2 is 1.97 bits per heavy atom. The minimum Gasteiger partial charge on any atom is -0.331 e. The first-order valence-corrected chi connectivity index (χ1v) is 11.2. The number of rotatable bonds is 2. The van der Waals surface area contributed by atoms with Crippen molar-refractivity contribution in [1.29, 1.82) is 0 Å². The average molecular weight is 409 g/mol. The van der Waals surface area contributed by atoms with Crippen LogP contribution in [-0.2, 0) is 13.0 Å². The predicted molar refractivity (Wildman–Crippen MR) is 113 cm³/mol. The number of aryl methyl sites for hydroxylation is 2. The van der Waals surface area contributed by atoms with Crippen LogP contribution >= 0.6 is 11.3 Å². The van der Waals surface area contributed by atoms with E-state index in [9.17, 15) is 9.59 Å². The number of fused-ring (bicyclic) bond motifs is 2. The van der Waals surface area contributed by atoms with Crippen molar-refractivity contribution in [2.45, 2.75) is 58.0 Å². The molecule has 0 aliphatic carbocycles. The third kappa shape index (κ3) is 3.08. The van der Waals surface area contributed by atoms with Crippen molar-refractivity contribution in [1.82, 2.24) is 19.4 Å². The molecule has 0 spiro atoms. The van der Waals surface area contributed by atoms with E-state index in [0.717, 1.165) is 68.6 Å². The molecule has 0 bridgehead atoms. The van der Waals surface area contributed by atoms with Gasteiger partial charge in [0, 0.05) is 31.9 Å². The fourth-order valence-electron chi connectivity index (χ4n) is 4.69. The van der Waals surface area contributed by atoms with E-state index in [-0.39, 0.29) is 17.5 Å². The third-order valence-corrected chi connectivity index (χ3v) is 7.38. The van der Waals surface area contributed by atoms with Gasteiger partial charge in [0.05, 0.1) is 16.3 Å². The molecule has 0 aromatic carbocycles. The molecule has 7 heteroatoms. The van der Waals surface area contributed by atoms with Gasteiger partial charge in [-0.2, -0.15) is 0 Å². The lowest BCUT2D eigenvalue weighted by Crippen LogP contribution is -2.34. The van der Waals surface area contributed by atoms with Crippen LogP contribution in [0.2, 0.25) is 0 Å². The summed E-state index contributed by atoms with van der Waals surface area (Å²) in [6.07, 6.45) is 9.58. The fraction of sp³-hybridized carbons (Fsp3) is 0.455. The second-order valence-corrected chi connectivity index (χ2v) is 8.97. The Morgan fingerprint density at radius 3 is 2.79 bits per heavy atom. The molecule has 1 fully saturated rings. The standard InChI is InChI=1S/C22H24N4O2S/c1-14-18-20(24-17-7-5-13-26(17)21(18)27)29-19(14)22(28)25-12-4-2-3-6-16(25)15-8-10-23-11-9-15/h8-11,16H,2-7,12-13H2,1H3. The quantitative estimate of drug-likeness (QED) is 0.646. The number of carbonyl (C=O) groups excluding carboxylic acids is 1. The fourth-order valence-corrected chi connectivity index (χ4v) is 5.84. The molecule has 150 valence electrons. The summed E-state index contributed by atoms with van der Waals surface area (Å²) in [5.41, 5.74) is 1.93. The first-order valence-electron chi connectivity index (χ1n) is 10.4. The highest BCUT2D eigenvalue weighted by atomic mass is 32.1. The minimum absolute atomic E-state index is 0.0110. The van der Waals surface area contributed by atoms with Gasteiger partial charge in [0.25, 0.3) is 11.5 Å². The summed E-state index contributed by atoms with van der Waals surface area (Å²) in [6.45, 7) is 3.37. The maximum Gasteiger partial charge on any atom is 0.264 e. The van der Waals surface area contributed by atoms with Gasteiger partial charge in [-0.25, -0.2) is 4.98 Å².